The lowest BCUT2D eigenvalue weighted by molar-refractivity contribution is -0.135. The summed E-state index contributed by atoms with van der Waals surface area (Å²) < 4.78 is 21.8. The van der Waals surface area contributed by atoms with Crippen LogP contribution < -0.4 is 14.9 Å². The number of carbonyl (C=O) groups is 2. The summed E-state index contributed by atoms with van der Waals surface area (Å²) in [5.74, 6) is 0.336. The molecule has 0 bridgehead atoms. The molecule has 0 N–H and O–H groups in total. The quantitative estimate of drug-likeness (QED) is 0.441. The maximum atomic E-state index is 12.9. The molecular formula is C23H20O7. The lowest BCUT2D eigenvalue weighted by Gasteiger charge is -2.10. The molecular weight excluding hydrogens is 388 g/mol. The molecule has 0 radical (unpaired) electrons. The van der Waals surface area contributed by atoms with E-state index in [1.807, 2.05) is 0 Å². The number of rotatable bonds is 6. The van der Waals surface area contributed by atoms with Gasteiger partial charge in [-0.25, -0.2) is 4.79 Å². The van der Waals surface area contributed by atoms with E-state index in [0.29, 0.717) is 28.0 Å². The largest absolute Gasteiger partial charge is 0.462 e. The van der Waals surface area contributed by atoms with Crippen LogP contribution >= 0.6 is 0 Å². The monoisotopic (exact) mass is 408 g/mol. The molecule has 7 nitrogen and oxygen atoms in total. The molecule has 30 heavy (non-hydrogen) atoms. The SMILES string of the molecule is CCOC(=O)c1ccc(Oc2c(C)oc3cc(OC(=O)C4CC4)ccc3c2=O)cc1. The van der Waals surface area contributed by atoms with Gasteiger partial charge in [0.1, 0.15) is 22.8 Å². The van der Waals surface area contributed by atoms with Gasteiger partial charge in [0.15, 0.2) is 0 Å². The normalized spacial score (nSPS) is 13.1. The molecule has 1 fully saturated rings. The number of aryl methyl sites for hydroxylation is 1. The van der Waals surface area contributed by atoms with Crippen LogP contribution in [0.3, 0.4) is 0 Å². The first-order chi connectivity index (χ1) is 14.5. The first-order valence-corrected chi connectivity index (χ1v) is 9.70. The molecule has 4 rings (SSSR count). The molecule has 3 aromatic rings. The zero-order valence-corrected chi connectivity index (χ0v) is 16.6. The van der Waals surface area contributed by atoms with Crippen LogP contribution in [0, 0.1) is 12.8 Å². The summed E-state index contributed by atoms with van der Waals surface area (Å²) in [7, 11) is 0. The molecule has 1 saturated carbocycles. The second-order valence-corrected chi connectivity index (χ2v) is 7.02. The highest BCUT2D eigenvalue weighted by molar-refractivity contribution is 5.89. The van der Waals surface area contributed by atoms with E-state index in [9.17, 15) is 14.4 Å². The molecule has 0 spiro atoms. The standard InChI is InChI=1S/C23H20O7/c1-3-27-22(25)14-6-8-16(9-7-14)29-21-13(2)28-19-12-17(10-11-18(19)20(21)24)30-23(26)15-4-5-15/h6-12,15H,3-5H2,1-2H3. The topological polar surface area (TPSA) is 92.0 Å². The van der Waals surface area contributed by atoms with Crippen molar-refractivity contribution < 1.29 is 28.2 Å². The van der Waals surface area contributed by atoms with E-state index in [1.165, 1.54) is 6.07 Å². The zero-order chi connectivity index (χ0) is 21.3. The van der Waals surface area contributed by atoms with E-state index in [1.54, 1.807) is 50.2 Å². The molecule has 0 saturated heterocycles. The summed E-state index contributed by atoms with van der Waals surface area (Å²) in [6.45, 7) is 3.64. The highest BCUT2D eigenvalue weighted by atomic mass is 16.5. The van der Waals surface area contributed by atoms with Gasteiger partial charge in [-0.2, -0.15) is 0 Å². The van der Waals surface area contributed by atoms with Gasteiger partial charge in [0.05, 0.1) is 23.5 Å². The summed E-state index contributed by atoms with van der Waals surface area (Å²) in [6, 6.07) is 10.9. The number of fused-ring (bicyclic) bond motifs is 1. The Morgan fingerprint density at radius 1 is 1.07 bits per heavy atom. The number of benzene rings is 2. The fourth-order valence-electron chi connectivity index (χ4n) is 2.96. The van der Waals surface area contributed by atoms with Gasteiger partial charge in [-0.05, 0) is 63.1 Å². The third-order valence-corrected chi connectivity index (χ3v) is 4.70. The van der Waals surface area contributed by atoms with Crippen LogP contribution in [-0.2, 0) is 9.53 Å². The van der Waals surface area contributed by atoms with Crippen molar-refractivity contribution in [3.8, 4) is 17.2 Å². The van der Waals surface area contributed by atoms with E-state index >= 15 is 0 Å². The predicted octanol–water partition coefficient (Wildman–Crippen LogP) is 4.39. The third-order valence-electron chi connectivity index (χ3n) is 4.70. The van der Waals surface area contributed by atoms with Crippen molar-refractivity contribution >= 4 is 22.9 Å². The van der Waals surface area contributed by atoms with Gasteiger partial charge in [-0.1, -0.05) is 0 Å². The van der Waals surface area contributed by atoms with Crippen molar-refractivity contribution in [1.82, 2.24) is 0 Å². The van der Waals surface area contributed by atoms with Gasteiger partial charge in [0, 0.05) is 6.07 Å². The smallest absolute Gasteiger partial charge is 0.338 e. The minimum absolute atomic E-state index is 0.0274. The summed E-state index contributed by atoms with van der Waals surface area (Å²) in [6.07, 6.45) is 1.70. The molecule has 0 atom stereocenters. The van der Waals surface area contributed by atoms with Crippen LogP contribution in [-0.4, -0.2) is 18.5 Å². The van der Waals surface area contributed by atoms with Crippen LogP contribution in [0.5, 0.6) is 17.2 Å². The number of hydrogen-bond donors (Lipinski definition) is 0. The predicted molar refractivity (Wildman–Crippen MR) is 108 cm³/mol. The van der Waals surface area contributed by atoms with Crippen molar-refractivity contribution in [1.29, 1.82) is 0 Å². The number of ether oxygens (including phenoxy) is 3. The zero-order valence-electron chi connectivity index (χ0n) is 16.6. The van der Waals surface area contributed by atoms with Gasteiger partial charge in [0.25, 0.3) is 0 Å². The fraction of sp³-hybridized carbons (Fsp3) is 0.261. The molecule has 7 heteroatoms. The molecule has 1 aliphatic rings. The second kappa shape index (κ2) is 8.02. The van der Waals surface area contributed by atoms with E-state index in [-0.39, 0.29) is 35.4 Å². The highest BCUT2D eigenvalue weighted by Crippen LogP contribution is 2.32. The van der Waals surface area contributed by atoms with Crippen molar-refractivity contribution in [2.24, 2.45) is 5.92 Å². The van der Waals surface area contributed by atoms with Crippen LogP contribution in [0.25, 0.3) is 11.0 Å². The van der Waals surface area contributed by atoms with Gasteiger partial charge in [-0.3, -0.25) is 9.59 Å². The van der Waals surface area contributed by atoms with Crippen molar-refractivity contribution in [3.63, 3.8) is 0 Å². The summed E-state index contributed by atoms with van der Waals surface area (Å²) in [5, 5.41) is 0.310. The molecule has 1 aromatic heterocycles. The van der Waals surface area contributed by atoms with E-state index in [0.717, 1.165) is 12.8 Å². The van der Waals surface area contributed by atoms with E-state index in [2.05, 4.69) is 0 Å². The average Bonchev–Trinajstić information content (AvgIpc) is 3.57. The van der Waals surface area contributed by atoms with Gasteiger partial charge in [0.2, 0.25) is 11.2 Å². The minimum atomic E-state index is -0.427. The highest BCUT2D eigenvalue weighted by Gasteiger charge is 2.31. The van der Waals surface area contributed by atoms with E-state index < -0.39 is 5.97 Å². The average molecular weight is 408 g/mol. The van der Waals surface area contributed by atoms with Crippen molar-refractivity contribution in [2.75, 3.05) is 6.61 Å². The molecule has 1 heterocycles. The Balaban J connectivity index is 1.59. The molecule has 154 valence electrons. The van der Waals surface area contributed by atoms with Crippen LogP contribution in [0.4, 0.5) is 0 Å². The van der Waals surface area contributed by atoms with Gasteiger partial charge in [-0.15, -0.1) is 0 Å². The van der Waals surface area contributed by atoms with Crippen LogP contribution in [0.2, 0.25) is 0 Å². The Hall–Kier alpha value is -3.61. The number of carbonyl (C=O) groups excluding carboxylic acids is 2. The lowest BCUT2D eigenvalue weighted by Crippen LogP contribution is -2.11. The van der Waals surface area contributed by atoms with E-state index in [4.69, 9.17) is 18.6 Å². The fourth-order valence-corrected chi connectivity index (χ4v) is 2.96. The Morgan fingerprint density at radius 3 is 2.43 bits per heavy atom. The molecule has 1 aliphatic carbocycles. The first-order valence-electron chi connectivity index (χ1n) is 9.70. The molecule has 0 aliphatic heterocycles. The Bertz CT molecular complexity index is 1170. The van der Waals surface area contributed by atoms with Crippen molar-refractivity contribution in [2.45, 2.75) is 26.7 Å². The second-order valence-electron chi connectivity index (χ2n) is 7.02. The van der Waals surface area contributed by atoms with Crippen LogP contribution in [0.1, 0.15) is 35.9 Å². The lowest BCUT2D eigenvalue weighted by atomic mass is 10.2. The van der Waals surface area contributed by atoms with Gasteiger partial charge >= 0.3 is 11.9 Å². The van der Waals surface area contributed by atoms with Gasteiger partial charge < -0.3 is 18.6 Å². The number of hydrogen-bond acceptors (Lipinski definition) is 7. The third kappa shape index (κ3) is 4.05. The molecule has 0 amide bonds. The Labute approximate surface area is 172 Å². The Kier molecular flexibility index (Phi) is 5.27. The molecule has 0 unspecified atom stereocenters. The summed E-state index contributed by atoms with van der Waals surface area (Å²) >= 11 is 0. The maximum absolute atomic E-state index is 12.9. The summed E-state index contributed by atoms with van der Waals surface area (Å²) in [5.41, 5.74) is 0.353. The maximum Gasteiger partial charge on any atom is 0.338 e. The summed E-state index contributed by atoms with van der Waals surface area (Å²) in [4.78, 5) is 36.5. The number of esters is 2. The first kappa shape index (κ1) is 19.7. The Morgan fingerprint density at radius 2 is 1.77 bits per heavy atom. The minimum Gasteiger partial charge on any atom is -0.462 e. The molecule has 2 aromatic carbocycles. The van der Waals surface area contributed by atoms with Crippen molar-refractivity contribution in [3.05, 3.63) is 64.0 Å². The van der Waals surface area contributed by atoms with Crippen LogP contribution in [0.15, 0.2) is 51.7 Å².